The Bertz CT molecular complexity index is 401. The molecule has 1 aliphatic carbocycles. The molecule has 0 radical (unpaired) electrons. The Kier molecular flexibility index (Phi) is 4.32. The highest BCUT2D eigenvalue weighted by molar-refractivity contribution is 5.14. The Morgan fingerprint density at radius 2 is 1.89 bits per heavy atom. The number of benzene rings is 1. The molecule has 3 N–H and O–H groups in total. The van der Waals surface area contributed by atoms with Gasteiger partial charge in [0.2, 0.25) is 0 Å². The fourth-order valence-corrected chi connectivity index (χ4v) is 3.54. The summed E-state index contributed by atoms with van der Waals surface area (Å²) >= 11 is 0. The van der Waals surface area contributed by atoms with Crippen molar-refractivity contribution in [2.24, 2.45) is 16.6 Å². The maximum absolute atomic E-state index is 10.6. The molecule has 106 valence electrons. The first kappa shape index (κ1) is 14.5. The number of hydrogen-bond acceptors (Lipinski definition) is 2. The molecule has 0 amide bonds. The normalized spacial score (nSPS) is 29.6. The monoisotopic (exact) mass is 261 g/mol. The molecule has 0 bridgehead atoms. The van der Waals surface area contributed by atoms with E-state index in [1.807, 2.05) is 6.07 Å². The van der Waals surface area contributed by atoms with Gasteiger partial charge >= 0.3 is 0 Å². The molecule has 0 aliphatic heterocycles. The highest BCUT2D eigenvalue weighted by Gasteiger charge is 2.50. The molecule has 0 spiro atoms. The topological polar surface area (TPSA) is 46.2 Å². The minimum Gasteiger partial charge on any atom is -0.392 e. The number of hydrogen-bond donors (Lipinski definition) is 2. The first-order valence-corrected chi connectivity index (χ1v) is 7.42. The Hall–Kier alpha value is -0.860. The average Bonchev–Trinajstić information content (AvgIpc) is 2.65. The first-order valence-electron chi connectivity index (χ1n) is 7.42. The van der Waals surface area contributed by atoms with Crippen LogP contribution in [0.5, 0.6) is 0 Å². The van der Waals surface area contributed by atoms with Crippen LogP contribution in [0.15, 0.2) is 30.3 Å². The van der Waals surface area contributed by atoms with Crippen LogP contribution in [0, 0.1) is 10.8 Å². The predicted octanol–water partition coefficient (Wildman–Crippen LogP) is 3.14. The summed E-state index contributed by atoms with van der Waals surface area (Å²) in [5.74, 6) is 0. The fraction of sp³-hybridized carbons (Fsp3) is 0.647. The van der Waals surface area contributed by atoms with Gasteiger partial charge in [0.05, 0.1) is 6.10 Å². The van der Waals surface area contributed by atoms with Crippen LogP contribution in [0.3, 0.4) is 0 Å². The molecule has 0 saturated heterocycles. The largest absolute Gasteiger partial charge is 0.392 e. The zero-order chi connectivity index (χ0) is 13.9. The van der Waals surface area contributed by atoms with Crippen LogP contribution in [0.2, 0.25) is 0 Å². The van der Waals surface area contributed by atoms with Crippen LogP contribution in [-0.4, -0.2) is 17.8 Å². The maximum atomic E-state index is 10.6. The van der Waals surface area contributed by atoms with Crippen LogP contribution in [-0.2, 0) is 6.42 Å². The SMILES string of the molecule is CC1(C)CCC(CN)(CCCc2ccccc2)C1O. The van der Waals surface area contributed by atoms with Gasteiger partial charge in [-0.05, 0) is 43.1 Å². The molecule has 1 aliphatic rings. The van der Waals surface area contributed by atoms with Gasteiger partial charge in [-0.15, -0.1) is 0 Å². The number of aliphatic hydroxyl groups excluding tert-OH is 1. The predicted molar refractivity (Wildman–Crippen MR) is 79.9 cm³/mol. The lowest BCUT2D eigenvalue weighted by Gasteiger charge is -2.36. The summed E-state index contributed by atoms with van der Waals surface area (Å²) in [6, 6.07) is 10.6. The van der Waals surface area contributed by atoms with E-state index in [0.29, 0.717) is 6.54 Å². The number of rotatable bonds is 5. The molecule has 1 aromatic carbocycles. The molecule has 2 heteroatoms. The van der Waals surface area contributed by atoms with Crippen LogP contribution in [0.25, 0.3) is 0 Å². The van der Waals surface area contributed by atoms with Crippen molar-refractivity contribution >= 4 is 0 Å². The second-order valence-electron chi connectivity index (χ2n) is 6.80. The van der Waals surface area contributed by atoms with Crippen LogP contribution >= 0.6 is 0 Å². The van der Waals surface area contributed by atoms with E-state index in [-0.39, 0.29) is 16.9 Å². The molecule has 0 aromatic heterocycles. The second-order valence-corrected chi connectivity index (χ2v) is 6.80. The minimum atomic E-state index is -0.263. The second kappa shape index (κ2) is 5.64. The molecule has 2 nitrogen and oxygen atoms in total. The Balaban J connectivity index is 1.94. The van der Waals surface area contributed by atoms with Gasteiger partial charge in [-0.25, -0.2) is 0 Å². The summed E-state index contributed by atoms with van der Waals surface area (Å²) < 4.78 is 0. The lowest BCUT2D eigenvalue weighted by molar-refractivity contribution is -0.00994. The smallest absolute Gasteiger partial charge is 0.0659 e. The van der Waals surface area contributed by atoms with Crippen LogP contribution < -0.4 is 5.73 Å². The molecule has 1 fully saturated rings. The summed E-state index contributed by atoms with van der Waals surface area (Å²) in [6.45, 7) is 4.92. The average molecular weight is 261 g/mol. The summed E-state index contributed by atoms with van der Waals surface area (Å²) in [4.78, 5) is 0. The fourth-order valence-electron chi connectivity index (χ4n) is 3.54. The Morgan fingerprint density at radius 1 is 1.21 bits per heavy atom. The van der Waals surface area contributed by atoms with Gasteiger partial charge in [0, 0.05) is 12.0 Å². The van der Waals surface area contributed by atoms with Gasteiger partial charge in [-0.2, -0.15) is 0 Å². The van der Waals surface area contributed by atoms with Gasteiger partial charge in [0.25, 0.3) is 0 Å². The third kappa shape index (κ3) is 3.01. The van der Waals surface area contributed by atoms with Crippen LogP contribution in [0.4, 0.5) is 0 Å². The summed E-state index contributed by atoms with van der Waals surface area (Å²) in [6.07, 6.45) is 5.09. The molecule has 2 atom stereocenters. The highest BCUT2D eigenvalue weighted by Crippen LogP contribution is 2.51. The molecular weight excluding hydrogens is 234 g/mol. The summed E-state index contributed by atoms with van der Waals surface area (Å²) in [5, 5.41) is 10.6. The molecule has 1 saturated carbocycles. The van der Waals surface area contributed by atoms with Crippen molar-refractivity contribution in [2.45, 2.75) is 52.1 Å². The van der Waals surface area contributed by atoms with Crippen molar-refractivity contribution in [3.05, 3.63) is 35.9 Å². The van der Waals surface area contributed by atoms with Gasteiger partial charge in [-0.1, -0.05) is 44.2 Å². The van der Waals surface area contributed by atoms with E-state index in [1.165, 1.54) is 5.56 Å². The van der Waals surface area contributed by atoms with E-state index in [4.69, 9.17) is 5.73 Å². The zero-order valence-corrected chi connectivity index (χ0v) is 12.2. The van der Waals surface area contributed by atoms with Crippen molar-refractivity contribution in [1.29, 1.82) is 0 Å². The molecule has 1 aromatic rings. The van der Waals surface area contributed by atoms with Crippen molar-refractivity contribution in [3.8, 4) is 0 Å². The van der Waals surface area contributed by atoms with E-state index in [2.05, 4.69) is 38.1 Å². The van der Waals surface area contributed by atoms with Crippen molar-refractivity contribution in [1.82, 2.24) is 0 Å². The summed E-state index contributed by atoms with van der Waals surface area (Å²) in [5.41, 5.74) is 7.34. The van der Waals surface area contributed by atoms with E-state index in [9.17, 15) is 5.11 Å². The Morgan fingerprint density at radius 3 is 2.42 bits per heavy atom. The molecule has 0 heterocycles. The lowest BCUT2D eigenvalue weighted by Crippen LogP contribution is -2.42. The van der Waals surface area contributed by atoms with Crippen LogP contribution in [0.1, 0.15) is 45.1 Å². The van der Waals surface area contributed by atoms with E-state index >= 15 is 0 Å². The molecule has 2 unspecified atom stereocenters. The van der Waals surface area contributed by atoms with Gasteiger partial charge in [-0.3, -0.25) is 0 Å². The quantitative estimate of drug-likeness (QED) is 0.855. The number of aliphatic hydroxyl groups is 1. The zero-order valence-electron chi connectivity index (χ0n) is 12.2. The van der Waals surface area contributed by atoms with Gasteiger partial charge in [0.1, 0.15) is 0 Å². The highest BCUT2D eigenvalue weighted by atomic mass is 16.3. The third-order valence-electron chi connectivity index (χ3n) is 4.98. The lowest BCUT2D eigenvalue weighted by atomic mass is 9.75. The molecular formula is C17H27NO. The van der Waals surface area contributed by atoms with Crippen molar-refractivity contribution < 1.29 is 5.11 Å². The van der Waals surface area contributed by atoms with E-state index in [1.54, 1.807) is 0 Å². The first-order chi connectivity index (χ1) is 9.00. The maximum Gasteiger partial charge on any atom is 0.0659 e. The Labute approximate surface area is 117 Å². The minimum absolute atomic E-state index is 0.0200. The standard InChI is InChI=1S/C17H27NO/c1-16(2)11-12-17(13-18,15(16)19)10-6-9-14-7-4-3-5-8-14/h3-5,7-8,15,19H,6,9-13,18H2,1-2H3. The molecule has 2 rings (SSSR count). The van der Waals surface area contributed by atoms with Gasteiger partial charge in [0.15, 0.2) is 0 Å². The summed E-state index contributed by atoms with van der Waals surface area (Å²) in [7, 11) is 0. The van der Waals surface area contributed by atoms with Crippen molar-refractivity contribution in [2.75, 3.05) is 6.54 Å². The van der Waals surface area contributed by atoms with Crippen molar-refractivity contribution in [3.63, 3.8) is 0 Å². The number of nitrogens with two attached hydrogens (primary N) is 1. The third-order valence-corrected chi connectivity index (χ3v) is 4.98. The van der Waals surface area contributed by atoms with E-state index in [0.717, 1.165) is 32.1 Å². The molecule has 19 heavy (non-hydrogen) atoms. The van der Waals surface area contributed by atoms with E-state index < -0.39 is 0 Å². The number of aryl methyl sites for hydroxylation is 1. The van der Waals surface area contributed by atoms with Gasteiger partial charge < -0.3 is 10.8 Å².